The maximum atomic E-state index is 12.2. The molecule has 0 bridgehead atoms. The van der Waals surface area contributed by atoms with Crippen molar-refractivity contribution in [3.63, 3.8) is 0 Å². The molecule has 1 heterocycles. The molecule has 1 aromatic heterocycles. The van der Waals surface area contributed by atoms with Gasteiger partial charge < -0.3 is 4.98 Å². The Kier molecular flexibility index (Phi) is 2.40. The molecule has 0 saturated heterocycles. The molecule has 13 heavy (non-hydrogen) atoms. The Hall–Kier alpha value is -1.33. The maximum absolute atomic E-state index is 12.2. The lowest BCUT2D eigenvalue weighted by Crippen LogP contribution is -2.08. The number of aromatic amines is 1. The normalized spacial score (nSPS) is 11.7. The number of nitrogens with zero attached hydrogens (tertiary/aromatic N) is 1. The number of hydrogen-bond acceptors (Lipinski definition) is 2. The van der Waals surface area contributed by atoms with Crippen molar-refractivity contribution in [2.45, 2.75) is 19.5 Å². The summed E-state index contributed by atoms with van der Waals surface area (Å²) in [5, 5.41) is 0. The van der Waals surface area contributed by atoms with Crippen molar-refractivity contribution in [1.82, 2.24) is 9.97 Å². The van der Waals surface area contributed by atoms with Gasteiger partial charge in [-0.3, -0.25) is 4.79 Å². The van der Waals surface area contributed by atoms with E-state index >= 15 is 0 Å². The third-order valence-electron chi connectivity index (χ3n) is 1.53. The minimum atomic E-state index is -4.50. The summed E-state index contributed by atoms with van der Waals surface area (Å²) in [6.45, 7) is 1.55. The molecular formula is C7H7F3N2O. The molecule has 1 N–H and O–H groups in total. The second-order valence-corrected chi connectivity index (χ2v) is 2.42. The fourth-order valence-electron chi connectivity index (χ4n) is 0.976. The van der Waals surface area contributed by atoms with E-state index in [0.29, 0.717) is 0 Å². The van der Waals surface area contributed by atoms with Crippen molar-refractivity contribution >= 4 is 6.29 Å². The molecule has 3 nitrogen and oxygen atoms in total. The van der Waals surface area contributed by atoms with E-state index in [4.69, 9.17) is 0 Å². The predicted octanol–water partition coefficient (Wildman–Crippen LogP) is 1.80. The Morgan fingerprint density at radius 3 is 2.46 bits per heavy atom. The average molecular weight is 192 g/mol. The largest absolute Gasteiger partial charge is 0.435 e. The van der Waals surface area contributed by atoms with Crippen LogP contribution in [0, 0.1) is 0 Å². The first kappa shape index (κ1) is 9.76. The van der Waals surface area contributed by atoms with Crippen molar-refractivity contribution in [3.8, 4) is 0 Å². The van der Waals surface area contributed by atoms with Crippen molar-refractivity contribution < 1.29 is 18.0 Å². The number of aryl methyl sites for hydroxylation is 1. The first-order chi connectivity index (χ1) is 5.99. The number of imidazole rings is 1. The minimum Gasteiger partial charge on any atom is -0.339 e. The molecule has 1 rings (SSSR count). The summed E-state index contributed by atoms with van der Waals surface area (Å²) in [6.07, 6.45) is -4.08. The quantitative estimate of drug-likeness (QED) is 0.726. The summed E-state index contributed by atoms with van der Waals surface area (Å²) in [4.78, 5) is 15.6. The number of rotatable bonds is 2. The van der Waals surface area contributed by atoms with E-state index in [9.17, 15) is 18.0 Å². The Morgan fingerprint density at radius 2 is 2.15 bits per heavy atom. The molecule has 0 aliphatic rings. The number of aldehydes is 1. The molecule has 72 valence electrons. The number of carbonyl (C=O) groups excluding carboxylic acids is 1. The van der Waals surface area contributed by atoms with Gasteiger partial charge in [0.05, 0.1) is 0 Å². The highest BCUT2D eigenvalue weighted by Crippen LogP contribution is 2.30. The second kappa shape index (κ2) is 3.20. The number of aromatic nitrogens is 2. The van der Waals surface area contributed by atoms with Crippen LogP contribution in [0.2, 0.25) is 0 Å². The lowest BCUT2D eigenvalue weighted by atomic mass is 10.2. The first-order valence-corrected chi connectivity index (χ1v) is 3.60. The van der Waals surface area contributed by atoms with Gasteiger partial charge in [-0.15, -0.1) is 0 Å². The highest BCUT2D eigenvalue weighted by Gasteiger charge is 2.36. The van der Waals surface area contributed by atoms with Crippen LogP contribution in [-0.2, 0) is 12.6 Å². The number of carbonyl (C=O) groups is 1. The summed E-state index contributed by atoms with van der Waals surface area (Å²) in [7, 11) is 0. The fourth-order valence-corrected chi connectivity index (χ4v) is 0.976. The standard InChI is InChI=1S/C7H7F3N2O/c1-2-4-6(7(8,9)10)12-5(3-13)11-4/h3H,2H2,1H3,(H,11,12). The van der Waals surface area contributed by atoms with Gasteiger partial charge in [-0.05, 0) is 6.42 Å². The van der Waals surface area contributed by atoms with E-state index in [0.717, 1.165) is 0 Å². The minimum absolute atomic E-state index is 0.0606. The Labute approximate surface area is 72.0 Å². The highest BCUT2D eigenvalue weighted by atomic mass is 19.4. The number of halogens is 3. The molecule has 0 aromatic carbocycles. The van der Waals surface area contributed by atoms with E-state index in [1.54, 1.807) is 6.92 Å². The molecule has 0 unspecified atom stereocenters. The SMILES string of the molecule is CCc1[nH]c(C=O)nc1C(F)(F)F. The third-order valence-corrected chi connectivity index (χ3v) is 1.53. The van der Waals surface area contributed by atoms with E-state index in [1.807, 2.05) is 0 Å². The Bertz CT molecular complexity index is 316. The molecule has 0 saturated carbocycles. The van der Waals surface area contributed by atoms with Crippen LogP contribution in [0.4, 0.5) is 13.2 Å². The Morgan fingerprint density at radius 1 is 1.54 bits per heavy atom. The smallest absolute Gasteiger partial charge is 0.339 e. The van der Waals surface area contributed by atoms with Gasteiger partial charge in [0.25, 0.3) is 0 Å². The van der Waals surface area contributed by atoms with E-state index in [1.165, 1.54) is 0 Å². The van der Waals surface area contributed by atoms with Gasteiger partial charge in [0, 0.05) is 5.69 Å². The molecule has 0 fully saturated rings. The van der Waals surface area contributed by atoms with Crippen LogP contribution in [0.3, 0.4) is 0 Å². The van der Waals surface area contributed by atoms with Crippen molar-refractivity contribution in [2.24, 2.45) is 0 Å². The number of H-pyrrole nitrogens is 1. The highest BCUT2D eigenvalue weighted by molar-refractivity contribution is 5.69. The molecule has 0 amide bonds. The van der Waals surface area contributed by atoms with Crippen LogP contribution in [0.1, 0.15) is 28.9 Å². The molecule has 6 heteroatoms. The van der Waals surface area contributed by atoms with Crippen LogP contribution in [0.15, 0.2) is 0 Å². The van der Waals surface area contributed by atoms with Crippen LogP contribution >= 0.6 is 0 Å². The maximum Gasteiger partial charge on any atom is 0.435 e. The molecule has 0 aliphatic carbocycles. The number of alkyl halides is 3. The molecule has 0 aliphatic heterocycles. The molecule has 0 radical (unpaired) electrons. The fraction of sp³-hybridized carbons (Fsp3) is 0.429. The molecular weight excluding hydrogens is 185 g/mol. The zero-order valence-corrected chi connectivity index (χ0v) is 6.77. The number of hydrogen-bond donors (Lipinski definition) is 1. The van der Waals surface area contributed by atoms with Crippen molar-refractivity contribution in [1.29, 1.82) is 0 Å². The lowest BCUT2D eigenvalue weighted by molar-refractivity contribution is -0.141. The van der Waals surface area contributed by atoms with Crippen molar-refractivity contribution in [2.75, 3.05) is 0 Å². The van der Waals surface area contributed by atoms with Gasteiger partial charge >= 0.3 is 6.18 Å². The van der Waals surface area contributed by atoms with Crippen LogP contribution < -0.4 is 0 Å². The van der Waals surface area contributed by atoms with E-state index in [2.05, 4.69) is 9.97 Å². The second-order valence-electron chi connectivity index (χ2n) is 2.42. The zero-order valence-electron chi connectivity index (χ0n) is 6.77. The summed E-state index contributed by atoms with van der Waals surface area (Å²) in [5.41, 5.74) is -1.06. The lowest BCUT2D eigenvalue weighted by Gasteiger charge is -2.03. The third kappa shape index (κ3) is 1.88. The molecule has 0 spiro atoms. The van der Waals surface area contributed by atoms with Crippen molar-refractivity contribution in [3.05, 3.63) is 17.2 Å². The van der Waals surface area contributed by atoms with E-state index in [-0.39, 0.29) is 24.2 Å². The first-order valence-electron chi connectivity index (χ1n) is 3.60. The molecule has 1 aromatic rings. The summed E-state index contributed by atoms with van der Waals surface area (Å²) in [6, 6.07) is 0. The zero-order chi connectivity index (χ0) is 10.1. The number of nitrogens with one attached hydrogen (secondary N) is 1. The van der Waals surface area contributed by atoms with Crippen LogP contribution in [0.5, 0.6) is 0 Å². The van der Waals surface area contributed by atoms with Gasteiger partial charge in [-0.1, -0.05) is 6.92 Å². The molecule has 0 atom stereocenters. The van der Waals surface area contributed by atoms with E-state index < -0.39 is 11.9 Å². The van der Waals surface area contributed by atoms with Gasteiger partial charge in [-0.2, -0.15) is 13.2 Å². The van der Waals surface area contributed by atoms with Gasteiger partial charge in [0.1, 0.15) is 0 Å². The summed E-state index contributed by atoms with van der Waals surface area (Å²) >= 11 is 0. The van der Waals surface area contributed by atoms with Crippen LogP contribution in [0.25, 0.3) is 0 Å². The Balaban J connectivity index is 3.19. The van der Waals surface area contributed by atoms with Gasteiger partial charge in [-0.25, -0.2) is 4.98 Å². The monoisotopic (exact) mass is 192 g/mol. The van der Waals surface area contributed by atoms with Gasteiger partial charge in [0.15, 0.2) is 17.8 Å². The summed E-state index contributed by atoms with van der Waals surface area (Å²) < 4.78 is 36.6. The summed E-state index contributed by atoms with van der Waals surface area (Å²) in [5.74, 6) is -0.288. The average Bonchev–Trinajstić information content (AvgIpc) is 2.46. The van der Waals surface area contributed by atoms with Gasteiger partial charge in [0.2, 0.25) is 0 Å². The topological polar surface area (TPSA) is 45.8 Å². The predicted molar refractivity (Wildman–Crippen MR) is 38.4 cm³/mol. The van der Waals surface area contributed by atoms with Crippen LogP contribution in [-0.4, -0.2) is 16.3 Å².